The maximum Gasteiger partial charge on any atom is 0.0722 e. The highest BCUT2D eigenvalue weighted by molar-refractivity contribution is 5.92. The summed E-state index contributed by atoms with van der Waals surface area (Å²) in [6.07, 6.45) is 8.87. The predicted octanol–water partition coefficient (Wildman–Crippen LogP) is 4.54. The smallest absolute Gasteiger partial charge is 0.0722 e. The number of hydrogen-bond donors (Lipinski definition) is 1. The SMILES string of the molecule is Cc1ccc2ncccc2c1NCC1CCCCC1. The third kappa shape index (κ3) is 2.73. The first kappa shape index (κ1) is 12.5. The zero-order valence-corrected chi connectivity index (χ0v) is 11.7. The summed E-state index contributed by atoms with van der Waals surface area (Å²) >= 11 is 0. The average molecular weight is 254 g/mol. The van der Waals surface area contributed by atoms with E-state index in [2.05, 4.69) is 35.4 Å². The Morgan fingerprint density at radius 3 is 2.84 bits per heavy atom. The first-order valence-corrected chi connectivity index (χ1v) is 7.43. The molecule has 0 bridgehead atoms. The van der Waals surface area contributed by atoms with E-state index in [1.807, 2.05) is 12.3 Å². The molecule has 0 saturated heterocycles. The van der Waals surface area contributed by atoms with Gasteiger partial charge in [0.05, 0.1) is 5.52 Å². The van der Waals surface area contributed by atoms with Crippen LogP contribution in [-0.4, -0.2) is 11.5 Å². The summed E-state index contributed by atoms with van der Waals surface area (Å²) in [6, 6.07) is 8.46. The zero-order valence-electron chi connectivity index (χ0n) is 11.7. The van der Waals surface area contributed by atoms with Gasteiger partial charge >= 0.3 is 0 Å². The second-order valence-electron chi connectivity index (χ2n) is 5.71. The highest BCUT2D eigenvalue weighted by Crippen LogP contribution is 2.28. The molecule has 3 rings (SSSR count). The Kier molecular flexibility index (Phi) is 3.67. The van der Waals surface area contributed by atoms with Gasteiger partial charge in [0.2, 0.25) is 0 Å². The molecule has 2 aromatic rings. The zero-order chi connectivity index (χ0) is 13.1. The molecule has 0 radical (unpaired) electrons. The highest BCUT2D eigenvalue weighted by atomic mass is 14.9. The maximum absolute atomic E-state index is 4.44. The van der Waals surface area contributed by atoms with Crippen molar-refractivity contribution in [3.8, 4) is 0 Å². The van der Waals surface area contributed by atoms with Crippen molar-refractivity contribution >= 4 is 16.6 Å². The predicted molar refractivity (Wildman–Crippen MR) is 81.5 cm³/mol. The van der Waals surface area contributed by atoms with Crippen LogP contribution < -0.4 is 5.32 Å². The van der Waals surface area contributed by atoms with Crippen molar-refractivity contribution in [1.29, 1.82) is 0 Å². The van der Waals surface area contributed by atoms with Gasteiger partial charge in [0.1, 0.15) is 0 Å². The topological polar surface area (TPSA) is 24.9 Å². The molecule has 1 fully saturated rings. The van der Waals surface area contributed by atoms with Gasteiger partial charge < -0.3 is 5.32 Å². The van der Waals surface area contributed by atoms with Crippen molar-refractivity contribution in [3.63, 3.8) is 0 Å². The van der Waals surface area contributed by atoms with Crippen LogP contribution in [0.1, 0.15) is 37.7 Å². The van der Waals surface area contributed by atoms with E-state index in [0.29, 0.717) is 0 Å². The average Bonchev–Trinajstić information content (AvgIpc) is 2.47. The number of nitrogens with zero attached hydrogens (tertiary/aromatic N) is 1. The molecule has 0 aliphatic heterocycles. The van der Waals surface area contributed by atoms with E-state index in [1.54, 1.807) is 0 Å². The van der Waals surface area contributed by atoms with E-state index in [4.69, 9.17) is 0 Å². The molecule has 1 aliphatic rings. The minimum Gasteiger partial charge on any atom is -0.384 e. The molecule has 0 amide bonds. The molecule has 1 N–H and O–H groups in total. The molecule has 1 aliphatic carbocycles. The fourth-order valence-electron chi connectivity index (χ4n) is 3.13. The molecular formula is C17H22N2. The number of nitrogens with one attached hydrogen (secondary N) is 1. The Morgan fingerprint density at radius 1 is 1.16 bits per heavy atom. The van der Waals surface area contributed by atoms with Gasteiger partial charge in [-0.25, -0.2) is 0 Å². The monoisotopic (exact) mass is 254 g/mol. The summed E-state index contributed by atoms with van der Waals surface area (Å²) in [7, 11) is 0. The molecule has 0 unspecified atom stereocenters. The third-order valence-corrected chi connectivity index (χ3v) is 4.29. The third-order valence-electron chi connectivity index (χ3n) is 4.29. The minimum atomic E-state index is 0.847. The van der Waals surface area contributed by atoms with E-state index in [1.165, 1.54) is 48.7 Å². The Morgan fingerprint density at radius 2 is 2.00 bits per heavy atom. The molecule has 1 heterocycles. The van der Waals surface area contributed by atoms with E-state index >= 15 is 0 Å². The van der Waals surface area contributed by atoms with Crippen LogP contribution in [0.15, 0.2) is 30.5 Å². The lowest BCUT2D eigenvalue weighted by Gasteiger charge is -2.23. The second-order valence-corrected chi connectivity index (χ2v) is 5.71. The van der Waals surface area contributed by atoms with Crippen LogP contribution in [0, 0.1) is 12.8 Å². The summed E-state index contributed by atoms with van der Waals surface area (Å²) in [5.41, 5.74) is 3.67. The van der Waals surface area contributed by atoms with Crippen molar-refractivity contribution in [2.24, 2.45) is 5.92 Å². The van der Waals surface area contributed by atoms with Gasteiger partial charge in [0, 0.05) is 23.8 Å². The first-order valence-electron chi connectivity index (χ1n) is 7.43. The number of rotatable bonds is 3. The van der Waals surface area contributed by atoms with Crippen molar-refractivity contribution < 1.29 is 0 Å². The summed E-state index contributed by atoms with van der Waals surface area (Å²) in [4.78, 5) is 4.44. The molecule has 19 heavy (non-hydrogen) atoms. The summed E-state index contributed by atoms with van der Waals surface area (Å²) < 4.78 is 0. The van der Waals surface area contributed by atoms with Crippen molar-refractivity contribution in [2.45, 2.75) is 39.0 Å². The Balaban J connectivity index is 1.81. The minimum absolute atomic E-state index is 0.847. The van der Waals surface area contributed by atoms with Gasteiger partial charge in [0.25, 0.3) is 0 Å². The second kappa shape index (κ2) is 5.60. The fourth-order valence-corrected chi connectivity index (χ4v) is 3.13. The Labute approximate surface area is 115 Å². The van der Waals surface area contributed by atoms with E-state index in [0.717, 1.165) is 18.0 Å². The summed E-state index contributed by atoms with van der Waals surface area (Å²) in [5, 5.41) is 4.93. The number of aromatic nitrogens is 1. The molecule has 2 heteroatoms. The number of fused-ring (bicyclic) bond motifs is 1. The maximum atomic E-state index is 4.44. The molecule has 100 valence electrons. The van der Waals surface area contributed by atoms with Gasteiger partial charge in [0.15, 0.2) is 0 Å². The molecule has 1 saturated carbocycles. The van der Waals surface area contributed by atoms with Gasteiger partial charge in [-0.2, -0.15) is 0 Å². The number of anilines is 1. The molecule has 1 aromatic carbocycles. The summed E-state index contributed by atoms with van der Waals surface area (Å²) in [6.45, 7) is 3.28. The number of hydrogen-bond acceptors (Lipinski definition) is 2. The van der Waals surface area contributed by atoms with Crippen LogP contribution in [0.3, 0.4) is 0 Å². The van der Waals surface area contributed by atoms with Crippen LogP contribution >= 0.6 is 0 Å². The van der Waals surface area contributed by atoms with E-state index < -0.39 is 0 Å². The normalized spacial score (nSPS) is 16.7. The lowest BCUT2D eigenvalue weighted by atomic mass is 9.89. The van der Waals surface area contributed by atoms with Crippen LogP contribution in [-0.2, 0) is 0 Å². The Hall–Kier alpha value is -1.57. The molecule has 0 atom stereocenters. The lowest BCUT2D eigenvalue weighted by molar-refractivity contribution is 0.373. The van der Waals surface area contributed by atoms with Crippen molar-refractivity contribution in [1.82, 2.24) is 4.98 Å². The number of pyridine rings is 1. The highest BCUT2D eigenvalue weighted by Gasteiger charge is 2.14. The van der Waals surface area contributed by atoms with E-state index in [-0.39, 0.29) is 0 Å². The first-order chi connectivity index (χ1) is 9.34. The number of aryl methyl sites for hydroxylation is 1. The van der Waals surface area contributed by atoms with E-state index in [9.17, 15) is 0 Å². The molecular weight excluding hydrogens is 232 g/mol. The van der Waals surface area contributed by atoms with Crippen molar-refractivity contribution in [2.75, 3.05) is 11.9 Å². The molecule has 2 nitrogen and oxygen atoms in total. The number of benzene rings is 1. The van der Waals surface area contributed by atoms with Crippen LogP contribution in [0.4, 0.5) is 5.69 Å². The lowest BCUT2D eigenvalue weighted by Crippen LogP contribution is -2.17. The molecule has 1 aromatic heterocycles. The van der Waals surface area contributed by atoms with Gasteiger partial charge in [-0.05, 0) is 49.4 Å². The van der Waals surface area contributed by atoms with Gasteiger partial charge in [-0.1, -0.05) is 25.3 Å². The molecule has 0 spiro atoms. The summed E-state index contributed by atoms with van der Waals surface area (Å²) in [5.74, 6) is 0.847. The van der Waals surface area contributed by atoms with Gasteiger partial charge in [-0.3, -0.25) is 4.98 Å². The van der Waals surface area contributed by atoms with Crippen LogP contribution in [0.25, 0.3) is 10.9 Å². The quantitative estimate of drug-likeness (QED) is 0.870. The van der Waals surface area contributed by atoms with Crippen molar-refractivity contribution in [3.05, 3.63) is 36.0 Å². The fraction of sp³-hybridized carbons (Fsp3) is 0.471. The van der Waals surface area contributed by atoms with Crippen LogP contribution in [0.5, 0.6) is 0 Å². The standard InChI is InChI=1S/C17H22N2/c1-13-9-10-16-15(8-5-11-18-16)17(13)19-12-14-6-3-2-4-7-14/h5,8-11,14,19H,2-4,6-7,12H2,1H3. The Bertz CT molecular complexity index is 556. The van der Waals surface area contributed by atoms with Gasteiger partial charge in [-0.15, -0.1) is 0 Å². The van der Waals surface area contributed by atoms with Crippen LogP contribution in [0.2, 0.25) is 0 Å². The largest absolute Gasteiger partial charge is 0.384 e.